The lowest BCUT2D eigenvalue weighted by atomic mass is 10.0. The van der Waals surface area contributed by atoms with Crippen LogP contribution in [-0.4, -0.2) is 41.9 Å². The van der Waals surface area contributed by atoms with E-state index in [9.17, 15) is 8.42 Å². The molecule has 0 aliphatic rings. The van der Waals surface area contributed by atoms with Crippen LogP contribution >= 0.6 is 0 Å². The number of benzene rings is 3. The molecule has 2 aromatic heterocycles. The van der Waals surface area contributed by atoms with E-state index >= 15 is 0 Å². The molecule has 5 aromatic rings. The van der Waals surface area contributed by atoms with E-state index in [-0.39, 0.29) is 5.75 Å². The minimum absolute atomic E-state index is 0.0431. The highest BCUT2D eigenvalue weighted by atomic mass is 32.2. The van der Waals surface area contributed by atoms with E-state index in [4.69, 9.17) is 15.5 Å². The topological polar surface area (TPSA) is 112 Å². The molecule has 0 amide bonds. The molecule has 9 heteroatoms. The molecule has 0 fully saturated rings. The van der Waals surface area contributed by atoms with Gasteiger partial charge in [-0.3, -0.25) is 0 Å². The summed E-state index contributed by atoms with van der Waals surface area (Å²) >= 11 is 0. The number of fused-ring (bicyclic) bond motifs is 4. The van der Waals surface area contributed by atoms with Gasteiger partial charge >= 0.3 is 0 Å². The number of imidazole rings is 1. The summed E-state index contributed by atoms with van der Waals surface area (Å²) in [6.07, 6.45) is 2.90. The molecule has 0 radical (unpaired) electrons. The highest BCUT2D eigenvalue weighted by Crippen LogP contribution is 2.32. The van der Waals surface area contributed by atoms with Crippen LogP contribution in [0.1, 0.15) is 45.0 Å². The Labute approximate surface area is 242 Å². The van der Waals surface area contributed by atoms with E-state index in [1.54, 1.807) is 0 Å². The lowest BCUT2D eigenvalue weighted by Crippen LogP contribution is -2.29. The molecule has 0 spiro atoms. The first-order valence-corrected chi connectivity index (χ1v) is 16.1. The van der Waals surface area contributed by atoms with Crippen LogP contribution in [0.15, 0.2) is 60.7 Å². The zero-order valence-corrected chi connectivity index (χ0v) is 24.9. The highest BCUT2D eigenvalue weighted by molar-refractivity contribution is 7.89. The number of anilines is 1. The third-order valence-corrected chi connectivity index (χ3v) is 8.59. The van der Waals surface area contributed by atoms with E-state index in [0.29, 0.717) is 43.5 Å². The summed E-state index contributed by atoms with van der Waals surface area (Å²) in [6.45, 7) is 8.10. The zero-order valence-electron chi connectivity index (χ0n) is 24.1. The second-order valence-corrected chi connectivity index (χ2v) is 12.9. The number of ether oxygens (including phenoxy) is 1. The fraction of sp³-hybridized carbons (Fsp3) is 0.375. The van der Waals surface area contributed by atoms with Gasteiger partial charge in [0.25, 0.3) is 0 Å². The molecule has 2 heterocycles. The number of aromatic nitrogens is 3. The second kappa shape index (κ2) is 12.4. The SMILES string of the molecule is CCCc1nc2c(N)nc3cc(OCCCNS(=O)(=O)CCc4cccc5ccccc45)ccc3c2n1CC(C)C. The molecule has 5 rings (SSSR count). The third-order valence-electron chi connectivity index (χ3n) is 7.21. The van der Waals surface area contributed by atoms with Crippen LogP contribution in [0, 0.1) is 5.92 Å². The number of pyridine rings is 1. The van der Waals surface area contributed by atoms with E-state index in [1.807, 2.05) is 60.7 Å². The maximum Gasteiger partial charge on any atom is 0.211 e. The van der Waals surface area contributed by atoms with Crippen molar-refractivity contribution >= 4 is 48.5 Å². The van der Waals surface area contributed by atoms with Gasteiger partial charge < -0.3 is 15.0 Å². The first-order valence-electron chi connectivity index (χ1n) is 14.4. The monoisotopic (exact) mass is 573 g/mol. The van der Waals surface area contributed by atoms with Gasteiger partial charge in [-0.15, -0.1) is 0 Å². The molecular formula is C32H39N5O3S. The fourth-order valence-corrected chi connectivity index (χ4v) is 6.41. The molecule has 41 heavy (non-hydrogen) atoms. The minimum atomic E-state index is -3.40. The number of hydrogen-bond acceptors (Lipinski definition) is 6. The number of sulfonamides is 1. The van der Waals surface area contributed by atoms with Gasteiger partial charge in [-0.1, -0.05) is 63.2 Å². The average molecular weight is 574 g/mol. The molecule has 0 aliphatic heterocycles. The molecule has 0 saturated carbocycles. The number of nitrogens with zero attached hydrogens (tertiary/aromatic N) is 3. The second-order valence-electron chi connectivity index (χ2n) is 11.0. The molecule has 0 bridgehead atoms. The minimum Gasteiger partial charge on any atom is -0.493 e. The average Bonchev–Trinajstić information content (AvgIpc) is 3.29. The predicted octanol–water partition coefficient (Wildman–Crippen LogP) is 5.86. The van der Waals surface area contributed by atoms with Crippen molar-refractivity contribution in [3.05, 3.63) is 72.1 Å². The lowest BCUT2D eigenvalue weighted by molar-refractivity contribution is 0.312. The smallest absolute Gasteiger partial charge is 0.211 e. The Balaban J connectivity index is 1.20. The summed E-state index contributed by atoms with van der Waals surface area (Å²) in [5, 5.41) is 3.21. The molecule has 0 unspecified atom stereocenters. The largest absolute Gasteiger partial charge is 0.493 e. The number of nitrogens with two attached hydrogens (primary N) is 1. The van der Waals surface area contributed by atoms with Gasteiger partial charge in [0, 0.05) is 31.0 Å². The zero-order chi connectivity index (χ0) is 29.0. The summed E-state index contributed by atoms with van der Waals surface area (Å²) in [5.74, 6) is 2.64. The lowest BCUT2D eigenvalue weighted by Gasteiger charge is -2.13. The van der Waals surface area contributed by atoms with E-state index in [1.165, 1.54) is 0 Å². The molecular weight excluding hydrogens is 534 g/mol. The summed E-state index contributed by atoms with van der Waals surface area (Å²) in [7, 11) is -3.40. The maximum absolute atomic E-state index is 12.6. The van der Waals surface area contributed by atoms with Crippen LogP contribution in [0.4, 0.5) is 5.82 Å². The third kappa shape index (κ3) is 6.63. The quantitative estimate of drug-likeness (QED) is 0.171. The van der Waals surface area contributed by atoms with Crippen LogP contribution in [0.5, 0.6) is 5.75 Å². The first kappa shape index (κ1) is 28.8. The summed E-state index contributed by atoms with van der Waals surface area (Å²) in [4.78, 5) is 9.48. The maximum atomic E-state index is 12.6. The van der Waals surface area contributed by atoms with E-state index in [2.05, 4.69) is 35.0 Å². The van der Waals surface area contributed by atoms with Gasteiger partial charge in [-0.25, -0.2) is 23.1 Å². The van der Waals surface area contributed by atoms with Crippen molar-refractivity contribution in [2.45, 2.75) is 53.0 Å². The Bertz CT molecular complexity index is 1770. The van der Waals surface area contributed by atoms with Crippen LogP contribution in [0.25, 0.3) is 32.7 Å². The van der Waals surface area contributed by atoms with Gasteiger partial charge in [0.2, 0.25) is 10.0 Å². The van der Waals surface area contributed by atoms with Crippen molar-refractivity contribution in [3.63, 3.8) is 0 Å². The molecule has 216 valence electrons. The van der Waals surface area contributed by atoms with Gasteiger partial charge in [-0.05, 0) is 53.6 Å². The van der Waals surface area contributed by atoms with Gasteiger partial charge in [0.05, 0.1) is 23.4 Å². The Morgan fingerprint density at radius 1 is 1.00 bits per heavy atom. The molecule has 0 saturated heterocycles. The normalized spacial score (nSPS) is 12.2. The van der Waals surface area contributed by atoms with Crippen molar-refractivity contribution in [1.82, 2.24) is 19.3 Å². The molecule has 0 aliphatic carbocycles. The van der Waals surface area contributed by atoms with E-state index < -0.39 is 10.0 Å². The van der Waals surface area contributed by atoms with Gasteiger partial charge in [-0.2, -0.15) is 0 Å². The Hall–Kier alpha value is -3.69. The fourth-order valence-electron chi connectivity index (χ4n) is 5.32. The predicted molar refractivity (Wildman–Crippen MR) is 168 cm³/mol. The number of nitrogen functional groups attached to an aromatic ring is 1. The van der Waals surface area contributed by atoms with Crippen LogP contribution in [-0.2, 0) is 29.4 Å². The van der Waals surface area contributed by atoms with Crippen molar-refractivity contribution in [2.75, 3.05) is 24.6 Å². The van der Waals surface area contributed by atoms with Crippen LogP contribution in [0.2, 0.25) is 0 Å². The molecule has 3 aromatic carbocycles. The number of aryl methyl sites for hydroxylation is 2. The molecule has 0 atom stereocenters. The summed E-state index contributed by atoms with van der Waals surface area (Å²) < 4.78 is 36.2. The first-order chi connectivity index (χ1) is 19.8. The highest BCUT2D eigenvalue weighted by Gasteiger charge is 2.18. The van der Waals surface area contributed by atoms with Gasteiger partial charge in [0.1, 0.15) is 17.1 Å². The molecule has 8 nitrogen and oxygen atoms in total. The van der Waals surface area contributed by atoms with Crippen molar-refractivity contribution in [1.29, 1.82) is 0 Å². The van der Waals surface area contributed by atoms with Crippen LogP contribution in [0.3, 0.4) is 0 Å². The Morgan fingerprint density at radius 3 is 2.61 bits per heavy atom. The molecule has 3 N–H and O–H groups in total. The number of rotatable bonds is 13. The van der Waals surface area contributed by atoms with Crippen molar-refractivity contribution < 1.29 is 13.2 Å². The summed E-state index contributed by atoms with van der Waals surface area (Å²) in [5.41, 5.74) is 9.93. The standard InChI is InChI=1S/C32H39N5O3S/c1-4-9-29-36-30-31(37(29)21-22(2)3)27-15-14-25(20-28(27)35-32(30)33)40-18-8-17-34-41(38,39)19-16-24-12-7-11-23-10-5-6-13-26(23)24/h5-7,10-15,20,22,34H,4,8-9,16-19,21H2,1-3H3,(H2,33,35). The number of nitrogens with one attached hydrogen (secondary N) is 1. The van der Waals surface area contributed by atoms with E-state index in [0.717, 1.165) is 63.5 Å². The summed E-state index contributed by atoms with van der Waals surface area (Å²) in [6, 6.07) is 19.9. The van der Waals surface area contributed by atoms with Crippen molar-refractivity contribution in [3.8, 4) is 5.75 Å². The van der Waals surface area contributed by atoms with Crippen molar-refractivity contribution in [2.24, 2.45) is 5.92 Å². The Kier molecular flexibility index (Phi) is 8.75. The van der Waals surface area contributed by atoms with Crippen LogP contribution < -0.4 is 15.2 Å². The number of hydrogen-bond donors (Lipinski definition) is 2. The van der Waals surface area contributed by atoms with Gasteiger partial charge in [0.15, 0.2) is 5.82 Å². The Morgan fingerprint density at radius 2 is 1.80 bits per heavy atom.